The number of hydrogen-bond donors (Lipinski definition) is 0. The van der Waals surface area contributed by atoms with Gasteiger partial charge in [0.1, 0.15) is 6.10 Å². The summed E-state index contributed by atoms with van der Waals surface area (Å²) in [6.07, 6.45) is 0.246. The highest BCUT2D eigenvalue weighted by Crippen LogP contribution is 2.04. The maximum absolute atomic E-state index is 11.2. The first-order valence-corrected chi connectivity index (χ1v) is 4.92. The molecule has 0 aromatic heterocycles. The second kappa shape index (κ2) is 5.55. The summed E-state index contributed by atoms with van der Waals surface area (Å²) in [6, 6.07) is 9.87. The van der Waals surface area contributed by atoms with E-state index in [-0.39, 0.29) is 11.9 Å². The predicted octanol–water partition coefficient (Wildman–Crippen LogP) is 2.57. The van der Waals surface area contributed by atoms with E-state index in [1.807, 2.05) is 37.3 Å². The molecule has 1 aromatic rings. The molecular formula is C12H16O2. The van der Waals surface area contributed by atoms with Crippen molar-refractivity contribution in [3.63, 3.8) is 0 Å². The zero-order valence-corrected chi connectivity index (χ0v) is 8.69. The fourth-order valence-electron chi connectivity index (χ4n) is 1.18. The number of carbonyl (C=O) groups is 1. The summed E-state index contributed by atoms with van der Waals surface area (Å²) in [5.41, 5.74) is 1.10. The zero-order valence-electron chi connectivity index (χ0n) is 8.69. The summed E-state index contributed by atoms with van der Waals surface area (Å²) in [6.45, 7) is 4.16. The lowest BCUT2D eigenvalue weighted by atomic mass is 10.2. The molecule has 0 heterocycles. The predicted molar refractivity (Wildman–Crippen MR) is 56.0 cm³/mol. The third kappa shape index (κ3) is 3.30. The molecule has 14 heavy (non-hydrogen) atoms. The topological polar surface area (TPSA) is 26.3 Å². The Hall–Kier alpha value is -1.15. The molecule has 0 unspecified atom stereocenters. The maximum atomic E-state index is 11.2. The highest BCUT2D eigenvalue weighted by molar-refractivity contribution is 5.82. The van der Waals surface area contributed by atoms with Crippen LogP contribution in [-0.4, -0.2) is 11.9 Å². The number of hydrogen-bond acceptors (Lipinski definition) is 2. The molecule has 2 heteroatoms. The van der Waals surface area contributed by atoms with Gasteiger partial charge in [0.2, 0.25) is 0 Å². The van der Waals surface area contributed by atoms with E-state index in [9.17, 15) is 4.79 Å². The molecule has 0 amide bonds. The Morgan fingerprint density at radius 3 is 2.57 bits per heavy atom. The van der Waals surface area contributed by atoms with Crippen LogP contribution in [0.1, 0.15) is 25.8 Å². The van der Waals surface area contributed by atoms with Crippen molar-refractivity contribution in [2.24, 2.45) is 0 Å². The summed E-state index contributed by atoms with van der Waals surface area (Å²) in [4.78, 5) is 11.2. The fourth-order valence-corrected chi connectivity index (χ4v) is 1.18. The smallest absolute Gasteiger partial charge is 0.161 e. The average Bonchev–Trinajstić information content (AvgIpc) is 2.26. The van der Waals surface area contributed by atoms with E-state index < -0.39 is 0 Å². The van der Waals surface area contributed by atoms with Crippen molar-refractivity contribution >= 4 is 5.78 Å². The number of ether oxygens (including phenoxy) is 1. The lowest BCUT2D eigenvalue weighted by molar-refractivity contribution is -0.129. The summed E-state index contributed by atoms with van der Waals surface area (Å²) in [5, 5.41) is 0. The van der Waals surface area contributed by atoms with E-state index in [2.05, 4.69) is 0 Å². The Labute approximate surface area is 84.9 Å². The standard InChI is InChI=1S/C12H16O2/c1-3-12(13)10(2)14-9-11-7-5-4-6-8-11/h4-8,10H,3,9H2,1-2H3/t10-/m1/s1. The van der Waals surface area contributed by atoms with Crippen molar-refractivity contribution in [2.45, 2.75) is 33.0 Å². The molecular weight excluding hydrogens is 176 g/mol. The van der Waals surface area contributed by atoms with Gasteiger partial charge < -0.3 is 4.74 Å². The molecule has 0 N–H and O–H groups in total. The fraction of sp³-hybridized carbons (Fsp3) is 0.417. The number of carbonyl (C=O) groups excluding carboxylic acids is 1. The molecule has 2 nitrogen and oxygen atoms in total. The molecule has 1 aromatic carbocycles. The molecule has 1 rings (SSSR count). The third-order valence-electron chi connectivity index (χ3n) is 2.14. The molecule has 0 saturated carbocycles. The number of benzene rings is 1. The summed E-state index contributed by atoms with van der Waals surface area (Å²) in [5.74, 6) is 0.154. The van der Waals surface area contributed by atoms with E-state index >= 15 is 0 Å². The molecule has 1 atom stereocenters. The highest BCUT2D eigenvalue weighted by Gasteiger charge is 2.10. The Bertz CT molecular complexity index is 280. The molecule has 0 fully saturated rings. The molecule has 0 spiro atoms. The van der Waals surface area contributed by atoms with E-state index in [0.717, 1.165) is 5.56 Å². The van der Waals surface area contributed by atoms with Gasteiger partial charge in [-0.1, -0.05) is 37.3 Å². The first kappa shape index (κ1) is 10.9. The molecule has 0 aliphatic rings. The van der Waals surface area contributed by atoms with Gasteiger partial charge in [0, 0.05) is 6.42 Å². The van der Waals surface area contributed by atoms with E-state index in [1.54, 1.807) is 6.92 Å². The van der Waals surface area contributed by atoms with Gasteiger partial charge in [0.25, 0.3) is 0 Å². The van der Waals surface area contributed by atoms with Crippen LogP contribution < -0.4 is 0 Å². The second-order valence-corrected chi connectivity index (χ2v) is 3.26. The lowest BCUT2D eigenvalue weighted by Gasteiger charge is -2.10. The van der Waals surface area contributed by atoms with Crippen LogP contribution in [0.5, 0.6) is 0 Å². The minimum Gasteiger partial charge on any atom is -0.366 e. The Morgan fingerprint density at radius 2 is 2.00 bits per heavy atom. The summed E-state index contributed by atoms with van der Waals surface area (Å²) < 4.78 is 5.43. The molecule has 0 radical (unpaired) electrons. The van der Waals surface area contributed by atoms with Gasteiger partial charge in [-0.3, -0.25) is 4.79 Å². The van der Waals surface area contributed by atoms with Crippen LogP contribution in [0.15, 0.2) is 30.3 Å². The lowest BCUT2D eigenvalue weighted by Crippen LogP contribution is -2.19. The first-order chi connectivity index (χ1) is 6.74. The van der Waals surface area contributed by atoms with E-state index in [1.165, 1.54) is 0 Å². The Balaban J connectivity index is 2.38. The quantitative estimate of drug-likeness (QED) is 0.716. The van der Waals surface area contributed by atoms with Gasteiger partial charge in [-0.25, -0.2) is 0 Å². The van der Waals surface area contributed by atoms with Gasteiger partial charge in [-0.05, 0) is 12.5 Å². The average molecular weight is 192 g/mol. The van der Waals surface area contributed by atoms with Gasteiger partial charge >= 0.3 is 0 Å². The van der Waals surface area contributed by atoms with Crippen molar-refractivity contribution in [2.75, 3.05) is 0 Å². The van der Waals surface area contributed by atoms with Crippen molar-refractivity contribution in [3.8, 4) is 0 Å². The maximum Gasteiger partial charge on any atom is 0.161 e. The SMILES string of the molecule is CCC(=O)[C@@H](C)OCc1ccccc1. The number of ketones is 1. The largest absolute Gasteiger partial charge is 0.366 e. The van der Waals surface area contributed by atoms with Crippen molar-refractivity contribution < 1.29 is 9.53 Å². The highest BCUT2D eigenvalue weighted by atomic mass is 16.5. The second-order valence-electron chi connectivity index (χ2n) is 3.26. The van der Waals surface area contributed by atoms with Crippen molar-refractivity contribution in [1.29, 1.82) is 0 Å². The first-order valence-electron chi connectivity index (χ1n) is 4.92. The van der Waals surface area contributed by atoms with E-state index in [0.29, 0.717) is 13.0 Å². The summed E-state index contributed by atoms with van der Waals surface area (Å²) >= 11 is 0. The van der Waals surface area contributed by atoms with Crippen LogP contribution in [0, 0.1) is 0 Å². The van der Waals surface area contributed by atoms with Crippen LogP contribution in [-0.2, 0) is 16.1 Å². The Morgan fingerprint density at radius 1 is 1.36 bits per heavy atom. The van der Waals surface area contributed by atoms with Crippen LogP contribution in [0.3, 0.4) is 0 Å². The molecule has 0 aliphatic heterocycles. The molecule has 76 valence electrons. The van der Waals surface area contributed by atoms with Gasteiger partial charge in [-0.2, -0.15) is 0 Å². The van der Waals surface area contributed by atoms with Crippen molar-refractivity contribution in [1.82, 2.24) is 0 Å². The van der Waals surface area contributed by atoms with Gasteiger partial charge in [0.15, 0.2) is 5.78 Å². The minimum absolute atomic E-state index is 0.154. The molecule has 0 bridgehead atoms. The van der Waals surface area contributed by atoms with Crippen LogP contribution in [0.4, 0.5) is 0 Å². The van der Waals surface area contributed by atoms with Crippen LogP contribution in [0.25, 0.3) is 0 Å². The van der Waals surface area contributed by atoms with Crippen LogP contribution in [0.2, 0.25) is 0 Å². The zero-order chi connectivity index (χ0) is 10.4. The minimum atomic E-state index is -0.291. The monoisotopic (exact) mass is 192 g/mol. The van der Waals surface area contributed by atoms with Crippen molar-refractivity contribution in [3.05, 3.63) is 35.9 Å². The number of Topliss-reactive ketones (excluding diaryl/α,β-unsaturated/α-hetero) is 1. The number of rotatable bonds is 5. The molecule has 0 aliphatic carbocycles. The van der Waals surface area contributed by atoms with E-state index in [4.69, 9.17) is 4.74 Å². The normalized spacial score (nSPS) is 12.4. The van der Waals surface area contributed by atoms with Gasteiger partial charge in [0.05, 0.1) is 6.61 Å². The summed E-state index contributed by atoms with van der Waals surface area (Å²) in [7, 11) is 0. The van der Waals surface area contributed by atoms with Crippen LogP contribution >= 0.6 is 0 Å². The molecule has 0 saturated heterocycles. The Kier molecular flexibility index (Phi) is 4.33. The third-order valence-corrected chi connectivity index (χ3v) is 2.14. The van der Waals surface area contributed by atoms with Gasteiger partial charge in [-0.15, -0.1) is 0 Å².